The number of fused-ring (bicyclic) bond motifs is 4. The zero-order valence-electron chi connectivity index (χ0n) is 39.2. The van der Waals surface area contributed by atoms with E-state index in [1.165, 1.54) is 102 Å². The molecule has 70 heavy (non-hydrogen) atoms. The highest BCUT2D eigenvalue weighted by molar-refractivity contribution is 7.80. The van der Waals surface area contributed by atoms with Crippen LogP contribution >= 0.6 is 25.3 Å². The van der Waals surface area contributed by atoms with Crippen molar-refractivity contribution >= 4 is 131 Å². The van der Waals surface area contributed by atoms with Gasteiger partial charge in [0, 0.05) is 53.3 Å². The van der Waals surface area contributed by atoms with Gasteiger partial charge in [0.05, 0.1) is 23.3 Å². The second kappa shape index (κ2) is 17.8. The number of hydrogen-bond donors (Lipinski definition) is 2. The summed E-state index contributed by atoms with van der Waals surface area (Å²) in [7, 11) is 0. The average molecular weight is 947 g/mol. The van der Waals surface area contributed by atoms with Crippen LogP contribution in [0.3, 0.4) is 0 Å². The van der Waals surface area contributed by atoms with Crippen LogP contribution in [0.1, 0.15) is 87.2 Å². The Labute approximate surface area is 419 Å². The monoisotopic (exact) mass is 946 g/mol. The highest BCUT2D eigenvalue weighted by atomic mass is 32.1. The van der Waals surface area contributed by atoms with Crippen LogP contribution in [0.4, 0.5) is 28.4 Å². The molecule has 2 aliphatic carbocycles. The van der Waals surface area contributed by atoms with Crippen molar-refractivity contribution in [2.75, 3.05) is 9.80 Å². The average Bonchev–Trinajstić information content (AvgIpc) is 3.97. The highest BCUT2D eigenvalue weighted by Gasteiger charge is 2.27. The van der Waals surface area contributed by atoms with Gasteiger partial charge in [-0.3, -0.25) is 0 Å². The second-order valence-corrected chi connectivity index (χ2v) is 20.6. The molecule has 0 saturated heterocycles. The number of nitrogens with zero attached hydrogens (tertiary/aromatic N) is 2. The number of allylic oxidation sites excluding steroid dienone is 1. The molecular formula is C64H54N2O2S2. The fourth-order valence-electron chi connectivity index (χ4n) is 12.2. The van der Waals surface area contributed by atoms with Gasteiger partial charge in [0.2, 0.25) is 0 Å². The number of thiol groups is 2. The second-order valence-electron chi connectivity index (χ2n) is 19.6. The van der Waals surface area contributed by atoms with E-state index in [4.69, 9.17) is 34.1 Å². The first-order chi connectivity index (χ1) is 34.5. The van der Waals surface area contributed by atoms with Crippen molar-refractivity contribution < 1.29 is 8.83 Å². The SMILES string of the molecule is C=C/C=c1\c(=C\N(c2ccc(S)cc2)c2ccc3ccc4c(N(c5ccc(S)cc5)c5cccc6c5oc5c(C7CCCCC7)cccc56)ccc5ccc2c3c54)oc2c(C3CCCCC3)cccc12. The standard InChI is InChI=1S/C64H54N2O2S2/c1-2-12-50-51-19-9-17-48(40-13-5-3-6-14-40)62(51)67-59(50)39-65(44-27-31-46(69)32-28-44)56-37-25-42-24-36-55-57(38-26-43-23-35-54(56)60(42)61(43)55)66(45-29-33-47(70)34-30-45)58-22-11-21-53-52-20-10-18-49(63(52)68-64(53)58)41-15-7-4-8-16-41/h2,9-12,17-41,69-70H,1,3-8,13-16H2/b50-12-,59-39-. The molecule has 0 amide bonds. The minimum absolute atomic E-state index is 0.499. The Morgan fingerprint density at radius 3 is 1.59 bits per heavy atom. The Morgan fingerprint density at radius 2 is 0.971 bits per heavy atom. The lowest BCUT2D eigenvalue weighted by Crippen LogP contribution is -2.24. The molecule has 0 spiro atoms. The lowest BCUT2D eigenvalue weighted by atomic mass is 9.83. The van der Waals surface area contributed by atoms with Gasteiger partial charge in [-0.2, -0.15) is 0 Å². The molecule has 4 nitrogen and oxygen atoms in total. The molecule has 0 bridgehead atoms. The first-order valence-corrected chi connectivity index (χ1v) is 26.1. The van der Waals surface area contributed by atoms with E-state index < -0.39 is 0 Å². The summed E-state index contributed by atoms with van der Waals surface area (Å²) in [5.74, 6) is 1.02. The van der Waals surface area contributed by atoms with Crippen LogP contribution in [0.5, 0.6) is 0 Å². The lowest BCUT2D eigenvalue weighted by molar-refractivity contribution is 0.440. The topological polar surface area (TPSA) is 32.8 Å². The molecule has 0 aliphatic heterocycles. The van der Waals surface area contributed by atoms with E-state index in [1.807, 2.05) is 6.08 Å². The molecule has 0 unspecified atom stereocenters. The smallest absolute Gasteiger partial charge is 0.159 e. The van der Waals surface area contributed by atoms with Crippen molar-refractivity contribution in [3.05, 3.63) is 186 Å². The molecule has 0 radical (unpaired) electrons. The van der Waals surface area contributed by atoms with Crippen LogP contribution in [0.2, 0.25) is 0 Å². The molecule has 0 atom stereocenters. The summed E-state index contributed by atoms with van der Waals surface area (Å²) in [5, 5.41) is 11.6. The molecule has 2 fully saturated rings. The van der Waals surface area contributed by atoms with Crippen molar-refractivity contribution in [1.29, 1.82) is 0 Å². The van der Waals surface area contributed by atoms with Crippen molar-refractivity contribution in [3.63, 3.8) is 0 Å². The van der Waals surface area contributed by atoms with Crippen LogP contribution in [0.25, 0.3) is 77.5 Å². The molecule has 2 saturated carbocycles. The molecule has 344 valence electrons. The minimum Gasteiger partial charge on any atom is -0.454 e. The van der Waals surface area contributed by atoms with Crippen molar-refractivity contribution in [1.82, 2.24) is 0 Å². The Balaban J connectivity index is 1.03. The summed E-state index contributed by atoms with van der Waals surface area (Å²) >= 11 is 9.45. The van der Waals surface area contributed by atoms with Crippen molar-refractivity contribution in [2.24, 2.45) is 0 Å². The molecule has 2 heterocycles. The molecular weight excluding hydrogens is 893 g/mol. The maximum atomic E-state index is 7.18. The zero-order valence-corrected chi connectivity index (χ0v) is 41.0. The van der Waals surface area contributed by atoms with Gasteiger partial charge in [0.15, 0.2) is 11.0 Å². The molecule has 2 aliphatic rings. The highest BCUT2D eigenvalue weighted by Crippen LogP contribution is 2.49. The van der Waals surface area contributed by atoms with Gasteiger partial charge in [-0.1, -0.05) is 142 Å². The lowest BCUT2D eigenvalue weighted by Gasteiger charge is -2.28. The zero-order chi connectivity index (χ0) is 46.9. The van der Waals surface area contributed by atoms with Gasteiger partial charge in [0.25, 0.3) is 0 Å². The Bertz CT molecular complexity index is 3910. The van der Waals surface area contributed by atoms with Crippen molar-refractivity contribution in [3.8, 4) is 0 Å². The van der Waals surface area contributed by atoms with Gasteiger partial charge in [0.1, 0.15) is 11.2 Å². The van der Waals surface area contributed by atoms with Gasteiger partial charge in [-0.25, -0.2) is 0 Å². The number of rotatable bonds is 9. The van der Waals surface area contributed by atoms with Crippen molar-refractivity contribution in [2.45, 2.75) is 85.8 Å². The first-order valence-electron chi connectivity index (χ1n) is 25.2. The Kier molecular flexibility index (Phi) is 11.0. The van der Waals surface area contributed by atoms with Crippen LogP contribution in [0.15, 0.2) is 183 Å². The first kappa shape index (κ1) is 43.2. The van der Waals surface area contributed by atoms with Crippen LogP contribution in [-0.4, -0.2) is 0 Å². The predicted molar refractivity (Wildman–Crippen MR) is 301 cm³/mol. The summed E-state index contributed by atoms with van der Waals surface area (Å²) in [4.78, 5) is 6.51. The number of hydrogen-bond acceptors (Lipinski definition) is 6. The quantitative estimate of drug-likeness (QED) is 0.112. The number of anilines is 5. The van der Waals surface area contributed by atoms with E-state index in [2.05, 4.69) is 180 Å². The summed E-state index contributed by atoms with van der Waals surface area (Å²) < 4.78 is 14.2. The van der Waals surface area contributed by atoms with E-state index in [9.17, 15) is 0 Å². The summed E-state index contributed by atoms with van der Waals surface area (Å²) in [6.45, 7) is 4.15. The van der Waals surface area contributed by atoms with Gasteiger partial charge < -0.3 is 18.6 Å². The summed E-state index contributed by atoms with van der Waals surface area (Å²) in [6, 6.07) is 55.3. The molecule has 9 aromatic carbocycles. The maximum absolute atomic E-state index is 7.18. The largest absolute Gasteiger partial charge is 0.454 e. The van der Waals surface area contributed by atoms with Gasteiger partial charge in [-0.15, -0.1) is 25.3 Å². The maximum Gasteiger partial charge on any atom is 0.159 e. The van der Waals surface area contributed by atoms with E-state index in [1.54, 1.807) is 0 Å². The van der Waals surface area contributed by atoms with Gasteiger partial charge in [-0.05, 0) is 137 Å². The molecule has 11 aromatic rings. The third-order valence-corrected chi connectivity index (χ3v) is 16.2. The fourth-order valence-corrected chi connectivity index (χ4v) is 12.5. The van der Waals surface area contributed by atoms with Crippen LogP contribution < -0.4 is 20.4 Å². The van der Waals surface area contributed by atoms with E-state index in [0.29, 0.717) is 11.8 Å². The number of benzene rings is 9. The van der Waals surface area contributed by atoms with Crippen LogP contribution in [0, 0.1) is 0 Å². The Hall–Kier alpha value is -6.86. The molecule has 6 heteroatoms. The summed E-state index contributed by atoms with van der Waals surface area (Å²) in [6.07, 6.45) is 18.7. The molecule has 0 N–H and O–H groups in total. The van der Waals surface area contributed by atoms with E-state index in [-0.39, 0.29) is 0 Å². The molecule has 13 rings (SSSR count). The normalized spacial score (nSPS) is 15.7. The van der Waals surface area contributed by atoms with E-state index >= 15 is 0 Å². The fraction of sp³-hybridized carbons (Fsp3) is 0.188. The Morgan fingerprint density at radius 1 is 0.457 bits per heavy atom. The number of furan rings is 2. The third kappa shape index (κ3) is 7.29. The minimum atomic E-state index is 0.499. The van der Waals surface area contributed by atoms with Crippen LogP contribution in [-0.2, 0) is 0 Å². The van der Waals surface area contributed by atoms with E-state index in [0.717, 1.165) is 87.2 Å². The summed E-state index contributed by atoms with van der Waals surface area (Å²) in [5.41, 5.74) is 11.5. The predicted octanol–water partition coefficient (Wildman–Crippen LogP) is 17.9. The number of para-hydroxylation sites is 3. The third-order valence-electron chi connectivity index (χ3n) is 15.6. The molecule has 2 aromatic heterocycles. The van der Waals surface area contributed by atoms with Gasteiger partial charge >= 0.3 is 0 Å².